The van der Waals surface area contributed by atoms with Gasteiger partial charge in [0, 0.05) is 5.56 Å². The van der Waals surface area contributed by atoms with Gasteiger partial charge >= 0.3 is 0 Å². The Morgan fingerprint density at radius 1 is 1.31 bits per heavy atom. The van der Waals surface area contributed by atoms with Crippen LogP contribution < -0.4 is 5.32 Å². The maximum atomic E-state index is 12.6. The second-order valence-electron chi connectivity index (χ2n) is 2.92. The number of halogens is 4. The van der Waals surface area contributed by atoms with Gasteiger partial charge in [0.2, 0.25) is 0 Å². The zero-order valence-corrected chi connectivity index (χ0v) is 12.5. The highest BCUT2D eigenvalue weighted by molar-refractivity contribution is 9.39. The van der Waals surface area contributed by atoms with Crippen molar-refractivity contribution >= 4 is 53.7 Å². The zero-order chi connectivity index (χ0) is 12.3. The molecule has 0 heterocycles. The van der Waals surface area contributed by atoms with Gasteiger partial charge in [-0.25, -0.2) is 4.39 Å². The number of carbonyl (C=O) groups excluding carboxylic acids is 1. The summed E-state index contributed by atoms with van der Waals surface area (Å²) in [5.74, 6) is -0.928. The Balaban J connectivity index is 2.70. The molecule has 0 spiro atoms. The van der Waals surface area contributed by atoms with E-state index in [4.69, 9.17) is 0 Å². The molecule has 2 N–H and O–H groups in total. The van der Waals surface area contributed by atoms with E-state index in [0.29, 0.717) is 0 Å². The Morgan fingerprint density at radius 3 is 2.25 bits per heavy atom. The van der Waals surface area contributed by atoms with Crippen molar-refractivity contribution < 1.29 is 14.3 Å². The molecule has 1 amide bonds. The Labute approximate surface area is 117 Å². The van der Waals surface area contributed by atoms with Gasteiger partial charge in [-0.15, -0.1) is 0 Å². The first-order valence-electron chi connectivity index (χ1n) is 4.12. The molecule has 0 unspecified atom stereocenters. The number of rotatable bonds is 2. The molecule has 1 aromatic rings. The van der Waals surface area contributed by atoms with Gasteiger partial charge in [0.05, 0.1) is 0 Å². The molecule has 1 rings (SSSR count). The molecule has 16 heavy (non-hydrogen) atoms. The Bertz CT molecular complexity index is 377. The van der Waals surface area contributed by atoms with Crippen LogP contribution in [0.25, 0.3) is 0 Å². The number of aliphatic hydroxyl groups is 1. The molecule has 3 nitrogen and oxygen atoms in total. The molecule has 1 aromatic carbocycles. The minimum atomic E-state index is -1.19. The van der Waals surface area contributed by atoms with Crippen molar-refractivity contribution in [2.75, 3.05) is 0 Å². The van der Waals surface area contributed by atoms with Crippen LogP contribution in [0.2, 0.25) is 0 Å². The molecule has 7 heteroatoms. The SMILES string of the molecule is O=C(N[C@@H](O)C(Br)(Br)Br)c1ccc(F)cc1. The topological polar surface area (TPSA) is 49.3 Å². The minimum Gasteiger partial charge on any atom is -0.370 e. The molecule has 0 aliphatic carbocycles. The van der Waals surface area contributed by atoms with Crippen LogP contribution in [0.4, 0.5) is 4.39 Å². The van der Waals surface area contributed by atoms with Gasteiger partial charge in [0.1, 0.15) is 5.82 Å². The highest BCUT2D eigenvalue weighted by Crippen LogP contribution is 2.36. The third-order valence-corrected chi connectivity index (χ3v) is 2.99. The molecule has 0 radical (unpaired) electrons. The van der Waals surface area contributed by atoms with Crippen molar-refractivity contribution in [3.8, 4) is 0 Å². The average Bonchev–Trinajstić information content (AvgIpc) is 2.17. The van der Waals surface area contributed by atoms with Gasteiger partial charge in [-0.3, -0.25) is 4.79 Å². The summed E-state index contributed by atoms with van der Waals surface area (Å²) in [5, 5.41) is 11.8. The largest absolute Gasteiger partial charge is 0.370 e. The molecule has 0 saturated heterocycles. The van der Waals surface area contributed by atoms with Crippen molar-refractivity contribution in [2.45, 2.75) is 8.37 Å². The number of carbonyl (C=O) groups is 1. The summed E-state index contributed by atoms with van der Waals surface area (Å²) >= 11 is 9.20. The highest BCUT2D eigenvalue weighted by Gasteiger charge is 2.30. The van der Waals surface area contributed by atoms with E-state index in [0.717, 1.165) is 0 Å². The second kappa shape index (κ2) is 5.57. The summed E-state index contributed by atoms with van der Waals surface area (Å²) in [6.07, 6.45) is -1.19. The number of aliphatic hydroxyl groups excluding tert-OH is 1. The molecular weight excluding hydrogens is 413 g/mol. The lowest BCUT2D eigenvalue weighted by Gasteiger charge is -2.21. The number of hydrogen-bond donors (Lipinski definition) is 2. The van der Waals surface area contributed by atoms with E-state index in [9.17, 15) is 14.3 Å². The third kappa shape index (κ3) is 4.12. The summed E-state index contributed by atoms with van der Waals surface area (Å²) in [5.41, 5.74) is 0.261. The molecule has 1 atom stereocenters. The molecule has 0 aliphatic heterocycles. The quantitative estimate of drug-likeness (QED) is 0.572. The van der Waals surface area contributed by atoms with Crippen molar-refractivity contribution in [3.63, 3.8) is 0 Å². The normalized spacial score (nSPS) is 13.3. The Morgan fingerprint density at radius 2 is 1.81 bits per heavy atom. The van der Waals surface area contributed by atoms with Crippen LogP contribution in [-0.2, 0) is 0 Å². The molecule has 0 fully saturated rings. The molecule has 0 bridgehead atoms. The van der Waals surface area contributed by atoms with E-state index in [1.165, 1.54) is 24.3 Å². The monoisotopic (exact) mass is 417 g/mol. The first-order valence-corrected chi connectivity index (χ1v) is 6.50. The lowest BCUT2D eigenvalue weighted by Crippen LogP contribution is -2.42. The summed E-state index contributed by atoms with van der Waals surface area (Å²) < 4.78 is 11.6. The van der Waals surface area contributed by atoms with Crippen molar-refractivity contribution in [1.82, 2.24) is 5.32 Å². The van der Waals surface area contributed by atoms with E-state index in [2.05, 4.69) is 53.1 Å². The van der Waals surface area contributed by atoms with Gasteiger partial charge in [-0.2, -0.15) is 0 Å². The van der Waals surface area contributed by atoms with Gasteiger partial charge in [-0.05, 0) is 24.3 Å². The van der Waals surface area contributed by atoms with E-state index < -0.39 is 20.1 Å². The summed E-state index contributed by atoms with van der Waals surface area (Å²) in [4.78, 5) is 11.6. The van der Waals surface area contributed by atoms with Crippen LogP contribution in [0, 0.1) is 5.82 Å². The standard InChI is InChI=1S/C9H7Br3FNO2/c10-9(11,12)8(16)14-7(15)5-1-3-6(13)4-2-5/h1-4,8,16H,(H,14,15)/t8-/m0/s1. The first kappa shape index (κ1) is 14.1. The fourth-order valence-corrected chi connectivity index (χ4v) is 1.23. The summed E-state index contributed by atoms with van der Waals surface area (Å²) in [6.45, 7) is 0. The summed E-state index contributed by atoms with van der Waals surface area (Å²) in [6, 6.07) is 5.00. The smallest absolute Gasteiger partial charge is 0.253 e. The van der Waals surface area contributed by atoms with E-state index >= 15 is 0 Å². The van der Waals surface area contributed by atoms with Gasteiger partial charge in [0.25, 0.3) is 5.91 Å². The Kier molecular flexibility index (Phi) is 4.90. The maximum Gasteiger partial charge on any atom is 0.253 e. The van der Waals surface area contributed by atoms with E-state index in [1.807, 2.05) is 0 Å². The van der Waals surface area contributed by atoms with Crippen LogP contribution in [-0.4, -0.2) is 19.4 Å². The molecule has 88 valence electrons. The number of amides is 1. The van der Waals surface area contributed by atoms with Crippen LogP contribution in [0.5, 0.6) is 0 Å². The summed E-state index contributed by atoms with van der Waals surface area (Å²) in [7, 11) is 0. The number of hydrogen-bond acceptors (Lipinski definition) is 2. The fraction of sp³-hybridized carbons (Fsp3) is 0.222. The fourth-order valence-electron chi connectivity index (χ4n) is 0.891. The molecule has 0 aromatic heterocycles. The van der Waals surface area contributed by atoms with E-state index in [1.54, 1.807) is 0 Å². The third-order valence-electron chi connectivity index (χ3n) is 1.68. The maximum absolute atomic E-state index is 12.6. The van der Waals surface area contributed by atoms with Crippen molar-refractivity contribution in [2.24, 2.45) is 0 Å². The average molecular weight is 420 g/mol. The number of benzene rings is 1. The number of alkyl halides is 3. The first-order chi connectivity index (χ1) is 7.30. The van der Waals surface area contributed by atoms with Crippen LogP contribution in [0.15, 0.2) is 24.3 Å². The molecular formula is C9H7Br3FNO2. The number of nitrogens with one attached hydrogen (secondary N) is 1. The highest BCUT2D eigenvalue weighted by atomic mass is 80.0. The van der Waals surface area contributed by atoms with Crippen molar-refractivity contribution in [1.29, 1.82) is 0 Å². The van der Waals surface area contributed by atoms with Crippen LogP contribution in [0.3, 0.4) is 0 Å². The van der Waals surface area contributed by atoms with Crippen molar-refractivity contribution in [3.05, 3.63) is 35.6 Å². The van der Waals surface area contributed by atoms with Gasteiger partial charge in [-0.1, -0.05) is 47.8 Å². The predicted octanol–water partition coefficient (Wildman–Crippen LogP) is 2.71. The van der Waals surface area contributed by atoms with E-state index in [-0.39, 0.29) is 5.56 Å². The second-order valence-corrected chi connectivity index (χ2v) is 9.87. The molecule has 0 saturated carbocycles. The predicted molar refractivity (Wildman–Crippen MR) is 69.4 cm³/mol. The minimum absolute atomic E-state index is 0.261. The van der Waals surface area contributed by atoms with Crippen LogP contribution >= 0.6 is 47.8 Å². The lowest BCUT2D eigenvalue weighted by atomic mass is 10.2. The Hall–Kier alpha value is 0.0200. The van der Waals surface area contributed by atoms with Crippen LogP contribution in [0.1, 0.15) is 10.4 Å². The molecule has 0 aliphatic rings. The van der Waals surface area contributed by atoms with Gasteiger partial charge < -0.3 is 10.4 Å². The van der Waals surface area contributed by atoms with Gasteiger partial charge in [0.15, 0.2) is 8.37 Å². The zero-order valence-electron chi connectivity index (χ0n) is 7.75. The lowest BCUT2D eigenvalue weighted by molar-refractivity contribution is 0.0809.